The molecule has 0 aliphatic rings. The Balaban J connectivity index is 2.52. The van der Waals surface area contributed by atoms with Crippen LogP contribution in [0.25, 0.3) is 11.4 Å². The van der Waals surface area contributed by atoms with Crippen LogP contribution in [-0.4, -0.2) is 34.0 Å². The molecule has 17 heavy (non-hydrogen) atoms. The Hall–Kier alpha value is -2.24. The molecule has 0 fully saturated rings. The van der Waals surface area contributed by atoms with Crippen LogP contribution in [-0.2, 0) is 0 Å². The van der Waals surface area contributed by atoms with E-state index in [0.717, 1.165) is 11.1 Å². The van der Waals surface area contributed by atoms with Gasteiger partial charge in [0, 0.05) is 32.1 Å². The summed E-state index contributed by atoms with van der Waals surface area (Å²) < 4.78 is 0. The van der Waals surface area contributed by atoms with E-state index in [1.165, 1.54) is 0 Å². The monoisotopic (exact) mass is 230 g/mol. The van der Waals surface area contributed by atoms with Crippen LogP contribution in [0.15, 0.2) is 18.5 Å². The Morgan fingerprint density at radius 1 is 1.12 bits per heavy atom. The fourth-order valence-electron chi connectivity index (χ4n) is 1.39. The molecule has 0 aliphatic heterocycles. The smallest absolute Gasteiger partial charge is 0.230 e. The molecule has 0 aromatic carbocycles. The molecule has 0 saturated carbocycles. The molecule has 88 valence electrons. The van der Waals surface area contributed by atoms with Gasteiger partial charge in [0.05, 0.1) is 0 Å². The van der Waals surface area contributed by atoms with E-state index in [9.17, 15) is 0 Å². The van der Waals surface area contributed by atoms with Crippen molar-refractivity contribution in [2.24, 2.45) is 0 Å². The third kappa shape index (κ3) is 2.47. The number of nitrogens with two attached hydrogens (primary N) is 1. The standard InChI is InChI=1S/C11H14N6/c1-7-4-8(6-13-5-7)9-14-10(12)16-11(15-9)17(2)3/h4-6H,1-3H3,(H2,12,14,15,16). The van der Waals surface area contributed by atoms with Crippen LogP contribution in [0.2, 0.25) is 0 Å². The number of rotatable bonds is 2. The number of nitrogen functional groups attached to an aromatic ring is 1. The van der Waals surface area contributed by atoms with E-state index in [4.69, 9.17) is 5.73 Å². The number of anilines is 2. The van der Waals surface area contributed by atoms with Gasteiger partial charge in [-0.1, -0.05) is 0 Å². The highest BCUT2D eigenvalue weighted by Crippen LogP contribution is 2.17. The highest BCUT2D eigenvalue weighted by molar-refractivity contribution is 5.57. The Bertz CT molecular complexity index is 537. The summed E-state index contributed by atoms with van der Waals surface area (Å²) in [6, 6.07) is 1.96. The van der Waals surface area contributed by atoms with Crippen molar-refractivity contribution in [2.75, 3.05) is 24.7 Å². The fraction of sp³-hybridized carbons (Fsp3) is 0.273. The van der Waals surface area contributed by atoms with Crippen molar-refractivity contribution in [2.45, 2.75) is 6.92 Å². The van der Waals surface area contributed by atoms with Crippen molar-refractivity contribution in [3.8, 4) is 11.4 Å². The van der Waals surface area contributed by atoms with Crippen LogP contribution >= 0.6 is 0 Å². The van der Waals surface area contributed by atoms with E-state index in [1.807, 2.05) is 27.1 Å². The summed E-state index contributed by atoms with van der Waals surface area (Å²) in [7, 11) is 3.71. The largest absolute Gasteiger partial charge is 0.368 e. The zero-order valence-electron chi connectivity index (χ0n) is 10.0. The molecule has 2 aromatic rings. The van der Waals surface area contributed by atoms with Gasteiger partial charge >= 0.3 is 0 Å². The van der Waals surface area contributed by atoms with Crippen molar-refractivity contribution < 1.29 is 0 Å². The second kappa shape index (κ2) is 4.32. The lowest BCUT2D eigenvalue weighted by Crippen LogP contribution is -2.15. The zero-order chi connectivity index (χ0) is 12.4. The number of pyridine rings is 1. The van der Waals surface area contributed by atoms with Crippen LogP contribution < -0.4 is 10.6 Å². The molecule has 0 unspecified atom stereocenters. The summed E-state index contributed by atoms with van der Waals surface area (Å²) in [4.78, 5) is 18.4. The maximum absolute atomic E-state index is 5.66. The molecule has 2 heterocycles. The van der Waals surface area contributed by atoms with Gasteiger partial charge in [-0.05, 0) is 18.6 Å². The third-order valence-electron chi connectivity index (χ3n) is 2.17. The van der Waals surface area contributed by atoms with Gasteiger partial charge in [0.15, 0.2) is 5.82 Å². The van der Waals surface area contributed by atoms with Crippen molar-refractivity contribution >= 4 is 11.9 Å². The molecule has 6 heteroatoms. The van der Waals surface area contributed by atoms with Gasteiger partial charge in [-0.15, -0.1) is 0 Å². The quantitative estimate of drug-likeness (QED) is 0.825. The Kier molecular flexibility index (Phi) is 2.86. The minimum Gasteiger partial charge on any atom is -0.368 e. The number of hydrogen-bond acceptors (Lipinski definition) is 6. The van der Waals surface area contributed by atoms with Gasteiger partial charge in [-0.3, -0.25) is 4.98 Å². The maximum Gasteiger partial charge on any atom is 0.230 e. The molecule has 0 radical (unpaired) electrons. The number of nitrogens with zero attached hydrogens (tertiary/aromatic N) is 5. The van der Waals surface area contributed by atoms with Gasteiger partial charge in [-0.2, -0.15) is 15.0 Å². The van der Waals surface area contributed by atoms with Crippen molar-refractivity contribution in [1.29, 1.82) is 0 Å². The van der Waals surface area contributed by atoms with E-state index in [0.29, 0.717) is 11.8 Å². The summed E-state index contributed by atoms with van der Waals surface area (Å²) in [5.74, 6) is 1.28. The molecule has 0 amide bonds. The van der Waals surface area contributed by atoms with Gasteiger partial charge in [0.1, 0.15) is 0 Å². The third-order valence-corrected chi connectivity index (χ3v) is 2.17. The van der Waals surface area contributed by atoms with E-state index in [2.05, 4.69) is 19.9 Å². The molecule has 2 rings (SSSR count). The lowest BCUT2D eigenvalue weighted by atomic mass is 10.2. The minimum atomic E-state index is 0.209. The SMILES string of the molecule is Cc1cncc(-c2nc(N)nc(N(C)C)n2)c1. The van der Waals surface area contributed by atoms with Crippen molar-refractivity contribution in [3.63, 3.8) is 0 Å². The van der Waals surface area contributed by atoms with Gasteiger partial charge in [0.2, 0.25) is 11.9 Å². The van der Waals surface area contributed by atoms with Gasteiger partial charge in [-0.25, -0.2) is 0 Å². The van der Waals surface area contributed by atoms with Gasteiger partial charge in [0.25, 0.3) is 0 Å². The molecular formula is C11H14N6. The fourth-order valence-corrected chi connectivity index (χ4v) is 1.39. The van der Waals surface area contributed by atoms with Crippen molar-refractivity contribution in [3.05, 3.63) is 24.0 Å². The minimum absolute atomic E-state index is 0.209. The highest BCUT2D eigenvalue weighted by Gasteiger charge is 2.08. The van der Waals surface area contributed by atoms with E-state index >= 15 is 0 Å². The molecule has 2 N–H and O–H groups in total. The average Bonchev–Trinajstić information content (AvgIpc) is 2.28. The summed E-state index contributed by atoms with van der Waals surface area (Å²) in [5, 5.41) is 0. The first kappa shape index (κ1) is 11.3. The molecule has 0 aliphatic carbocycles. The summed E-state index contributed by atoms with van der Waals surface area (Å²) >= 11 is 0. The summed E-state index contributed by atoms with van der Waals surface area (Å²) in [6.07, 6.45) is 3.49. The van der Waals surface area contributed by atoms with Gasteiger partial charge < -0.3 is 10.6 Å². The molecule has 0 atom stereocenters. The number of aryl methyl sites for hydroxylation is 1. The molecule has 6 nitrogen and oxygen atoms in total. The molecule has 0 spiro atoms. The normalized spacial score (nSPS) is 10.3. The zero-order valence-corrected chi connectivity index (χ0v) is 10.0. The Morgan fingerprint density at radius 3 is 2.53 bits per heavy atom. The predicted octanol–water partition coefficient (Wildman–Crippen LogP) is 0.890. The predicted molar refractivity (Wildman–Crippen MR) is 66.5 cm³/mol. The number of aromatic nitrogens is 4. The van der Waals surface area contributed by atoms with E-state index < -0.39 is 0 Å². The van der Waals surface area contributed by atoms with Crippen molar-refractivity contribution in [1.82, 2.24) is 19.9 Å². The highest BCUT2D eigenvalue weighted by atomic mass is 15.3. The maximum atomic E-state index is 5.66. The summed E-state index contributed by atoms with van der Waals surface area (Å²) in [6.45, 7) is 1.97. The first-order valence-electron chi connectivity index (χ1n) is 5.17. The topological polar surface area (TPSA) is 80.8 Å². The number of hydrogen-bond donors (Lipinski definition) is 1. The van der Waals surface area contributed by atoms with Crippen LogP contribution in [0.1, 0.15) is 5.56 Å². The Morgan fingerprint density at radius 2 is 1.88 bits per heavy atom. The second-order valence-corrected chi connectivity index (χ2v) is 3.96. The lowest BCUT2D eigenvalue weighted by molar-refractivity contribution is 0.969. The lowest BCUT2D eigenvalue weighted by Gasteiger charge is -2.11. The molecule has 0 bridgehead atoms. The first-order chi connectivity index (χ1) is 8.06. The molecular weight excluding hydrogens is 216 g/mol. The molecule has 0 saturated heterocycles. The van der Waals surface area contributed by atoms with E-state index in [1.54, 1.807) is 17.3 Å². The second-order valence-electron chi connectivity index (χ2n) is 3.96. The van der Waals surface area contributed by atoms with Crippen LogP contribution in [0, 0.1) is 6.92 Å². The average molecular weight is 230 g/mol. The van der Waals surface area contributed by atoms with Crippen LogP contribution in [0.5, 0.6) is 0 Å². The Labute approximate surface area is 99.6 Å². The van der Waals surface area contributed by atoms with Crippen LogP contribution in [0.4, 0.5) is 11.9 Å². The van der Waals surface area contributed by atoms with Crippen LogP contribution in [0.3, 0.4) is 0 Å². The summed E-state index contributed by atoms with van der Waals surface area (Å²) in [5.41, 5.74) is 7.55. The molecule has 2 aromatic heterocycles. The first-order valence-corrected chi connectivity index (χ1v) is 5.17. The van der Waals surface area contributed by atoms with E-state index in [-0.39, 0.29) is 5.95 Å².